The number of halogens is 4. The first-order chi connectivity index (χ1) is 9.84. The number of anilines is 1. The number of nitrogen functional groups attached to an aromatic ring is 1. The molecule has 0 radical (unpaired) electrons. The fourth-order valence-corrected chi connectivity index (χ4v) is 2.34. The third kappa shape index (κ3) is 2.61. The highest BCUT2D eigenvalue weighted by Gasteiger charge is 2.31. The average molecular weight is 357 g/mol. The molecule has 7 heteroatoms. The fourth-order valence-electron chi connectivity index (χ4n) is 1.93. The van der Waals surface area contributed by atoms with Gasteiger partial charge < -0.3 is 10.2 Å². The maximum Gasteiger partial charge on any atom is 0.416 e. The van der Waals surface area contributed by atoms with Crippen molar-refractivity contribution in [2.24, 2.45) is 0 Å². The predicted molar refractivity (Wildman–Crippen MR) is 76.6 cm³/mol. The van der Waals surface area contributed by atoms with Crippen LogP contribution in [0.4, 0.5) is 18.9 Å². The molecular formula is C14H8BrF3N2O. The lowest BCUT2D eigenvalue weighted by Gasteiger charge is -2.04. The van der Waals surface area contributed by atoms with Crippen LogP contribution < -0.4 is 5.73 Å². The van der Waals surface area contributed by atoms with Gasteiger partial charge in [-0.25, -0.2) is 4.98 Å². The number of nitrogens with zero attached hydrogens (tertiary/aromatic N) is 1. The molecular weight excluding hydrogens is 349 g/mol. The van der Waals surface area contributed by atoms with Gasteiger partial charge in [0.2, 0.25) is 5.89 Å². The Bertz CT molecular complexity index is 827. The van der Waals surface area contributed by atoms with Gasteiger partial charge in [-0.05, 0) is 52.3 Å². The summed E-state index contributed by atoms with van der Waals surface area (Å²) in [5, 5.41) is 0. The van der Waals surface area contributed by atoms with Gasteiger partial charge in [-0.2, -0.15) is 13.2 Å². The molecule has 0 unspecified atom stereocenters. The van der Waals surface area contributed by atoms with Crippen LogP contribution in [-0.2, 0) is 6.18 Å². The molecule has 1 aromatic heterocycles. The monoisotopic (exact) mass is 356 g/mol. The predicted octanol–water partition coefficient (Wildman–Crippen LogP) is 4.86. The van der Waals surface area contributed by atoms with E-state index < -0.39 is 11.7 Å². The highest BCUT2D eigenvalue weighted by atomic mass is 79.9. The van der Waals surface area contributed by atoms with E-state index in [0.717, 1.165) is 12.1 Å². The molecule has 0 spiro atoms. The van der Waals surface area contributed by atoms with E-state index in [1.54, 1.807) is 18.2 Å². The van der Waals surface area contributed by atoms with Gasteiger partial charge in [0, 0.05) is 10.2 Å². The van der Waals surface area contributed by atoms with Crippen LogP contribution in [0.5, 0.6) is 0 Å². The fraction of sp³-hybridized carbons (Fsp3) is 0.0714. The zero-order valence-corrected chi connectivity index (χ0v) is 12.0. The summed E-state index contributed by atoms with van der Waals surface area (Å²) < 4.78 is 44.2. The van der Waals surface area contributed by atoms with Crippen molar-refractivity contribution >= 4 is 32.7 Å². The first kappa shape index (κ1) is 13.9. The van der Waals surface area contributed by atoms with Crippen molar-refractivity contribution in [1.82, 2.24) is 4.98 Å². The van der Waals surface area contributed by atoms with E-state index >= 15 is 0 Å². The van der Waals surface area contributed by atoms with Crippen molar-refractivity contribution in [2.75, 3.05) is 5.73 Å². The van der Waals surface area contributed by atoms with Crippen LogP contribution >= 0.6 is 15.9 Å². The molecule has 0 aliphatic carbocycles. The summed E-state index contributed by atoms with van der Waals surface area (Å²) in [7, 11) is 0. The van der Waals surface area contributed by atoms with Crippen LogP contribution in [0.3, 0.4) is 0 Å². The van der Waals surface area contributed by atoms with Gasteiger partial charge in [0.15, 0.2) is 5.58 Å². The SMILES string of the molecule is Nc1ccc(Br)c(-c2nc3cc(C(F)(F)F)ccc3o2)c1. The number of fused-ring (bicyclic) bond motifs is 1. The van der Waals surface area contributed by atoms with Gasteiger partial charge in [-0.1, -0.05) is 0 Å². The highest BCUT2D eigenvalue weighted by Crippen LogP contribution is 2.35. The first-order valence-electron chi connectivity index (χ1n) is 5.88. The van der Waals surface area contributed by atoms with Gasteiger partial charge in [0.05, 0.1) is 11.1 Å². The number of benzene rings is 2. The van der Waals surface area contributed by atoms with Gasteiger partial charge in [0.25, 0.3) is 0 Å². The summed E-state index contributed by atoms with van der Waals surface area (Å²) in [6.07, 6.45) is -4.41. The molecule has 0 bridgehead atoms. The third-order valence-corrected chi connectivity index (χ3v) is 3.63. The van der Waals surface area contributed by atoms with Crippen molar-refractivity contribution < 1.29 is 17.6 Å². The number of oxazole rings is 1. The molecule has 21 heavy (non-hydrogen) atoms. The molecule has 3 rings (SSSR count). The molecule has 0 aliphatic rings. The average Bonchev–Trinajstić information content (AvgIpc) is 2.83. The summed E-state index contributed by atoms with van der Waals surface area (Å²) in [5.74, 6) is 0.212. The minimum Gasteiger partial charge on any atom is -0.436 e. The maximum atomic E-state index is 12.7. The molecule has 0 amide bonds. The van der Waals surface area contributed by atoms with Crippen LogP contribution in [-0.4, -0.2) is 4.98 Å². The van der Waals surface area contributed by atoms with E-state index in [1.807, 2.05) is 0 Å². The van der Waals surface area contributed by atoms with Crippen LogP contribution in [0, 0.1) is 0 Å². The second kappa shape index (κ2) is 4.77. The minimum atomic E-state index is -4.41. The Hall–Kier alpha value is -2.02. The summed E-state index contributed by atoms with van der Waals surface area (Å²) in [4.78, 5) is 4.11. The van der Waals surface area contributed by atoms with E-state index in [2.05, 4.69) is 20.9 Å². The van der Waals surface area contributed by atoms with E-state index in [1.165, 1.54) is 6.07 Å². The van der Waals surface area contributed by atoms with Crippen LogP contribution in [0.15, 0.2) is 45.3 Å². The normalized spacial score (nSPS) is 12.0. The Labute approximate surface area is 125 Å². The second-order valence-corrected chi connectivity index (χ2v) is 5.29. The summed E-state index contributed by atoms with van der Waals surface area (Å²) in [6.45, 7) is 0. The number of rotatable bonds is 1. The molecule has 108 valence electrons. The first-order valence-corrected chi connectivity index (χ1v) is 6.67. The smallest absolute Gasteiger partial charge is 0.416 e. The van der Waals surface area contributed by atoms with Crippen molar-refractivity contribution in [3.63, 3.8) is 0 Å². The Morgan fingerprint density at radius 1 is 1.10 bits per heavy atom. The summed E-state index contributed by atoms with van der Waals surface area (Å²) in [6, 6.07) is 8.24. The lowest BCUT2D eigenvalue weighted by atomic mass is 10.2. The van der Waals surface area contributed by atoms with Gasteiger partial charge in [0.1, 0.15) is 5.52 Å². The number of aromatic nitrogens is 1. The van der Waals surface area contributed by atoms with Gasteiger partial charge in [-0.15, -0.1) is 0 Å². The van der Waals surface area contributed by atoms with Crippen molar-refractivity contribution in [2.45, 2.75) is 6.18 Å². The molecule has 3 aromatic rings. The molecule has 0 aliphatic heterocycles. The molecule has 0 saturated carbocycles. The molecule has 3 nitrogen and oxygen atoms in total. The summed E-state index contributed by atoms with van der Waals surface area (Å²) >= 11 is 3.34. The standard InChI is InChI=1S/C14H8BrF3N2O/c15-10-3-2-8(19)6-9(10)13-20-11-5-7(14(16,17)18)1-4-12(11)21-13/h1-6H,19H2. The Balaban J connectivity index is 2.15. The van der Waals surface area contributed by atoms with Crippen molar-refractivity contribution in [3.8, 4) is 11.5 Å². The largest absolute Gasteiger partial charge is 0.436 e. The highest BCUT2D eigenvalue weighted by molar-refractivity contribution is 9.10. The molecule has 2 aromatic carbocycles. The zero-order chi connectivity index (χ0) is 15.2. The topological polar surface area (TPSA) is 52.0 Å². The van der Waals surface area contributed by atoms with E-state index in [9.17, 15) is 13.2 Å². The van der Waals surface area contributed by atoms with E-state index in [-0.39, 0.29) is 17.0 Å². The maximum absolute atomic E-state index is 12.7. The number of nitrogens with two attached hydrogens (primary N) is 1. The quantitative estimate of drug-likeness (QED) is 0.633. The lowest BCUT2D eigenvalue weighted by Crippen LogP contribution is -2.03. The number of alkyl halides is 3. The second-order valence-electron chi connectivity index (χ2n) is 4.44. The minimum absolute atomic E-state index is 0.147. The van der Waals surface area contributed by atoms with Crippen molar-refractivity contribution in [3.05, 3.63) is 46.4 Å². The Morgan fingerprint density at radius 2 is 1.86 bits per heavy atom. The van der Waals surface area contributed by atoms with E-state index in [4.69, 9.17) is 10.2 Å². The number of hydrogen-bond acceptors (Lipinski definition) is 3. The van der Waals surface area contributed by atoms with E-state index in [0.29, 0.717) is 15.7 Å². The molecule has 0 atom stereocenters. The zero-order valence-electron chi connectivity index (χ0n) is 10.4. The van der Waals surface area contributed by atoms with Gasteiger partial charge in [-0.3, -0.25) is 0 Å². The van der Waals surface area contributed by atoms with Crippen LogP contribution in [0.2, 0.25) is 0 Å². The van der Waals surface area contributed by atoms with Gasteiger partial charge >= 0.3 is 6.18 Å². The lowest BCUT2D eigenvalue weighted by molar-refractivity contribution is -0.137. The summed E-state index contributed by atoms with van der Waals surface area (Å²) in [5.41, 5.74) is 6.46. The molecule has 1 heterocycles. The van der Waals surface area contributed by atoms with Crippen LogP contribution in [0.25, 0.3) is 22.6 Å². The molecule has 2 N–H and O–H groups in total. The Kier molecular flexibility index (Phi) is 3.16. The van der Waals surface area contributed by atoms with Crippen molar-refractivity contribution in [1.29, 1.82) is 0 Å². The van der Waals surface area contributed by atoms with Crippen LogP contribution in [0.1, 0.15) is 5.56 Å². The third-order valence-electron chi connectivity index (χ3n) is 2.94. The molecule has 0 fully saturated rings. The number of hydrogen-bond donors (Lipinski definition) is 1. The Morgan fingerprint density at radius 3 is 2.57 bits per heavy atom. The molecule has 0 saturated heterocycles.